The summed E-state index contributed by atoms with van der Waals surface area (Å²) >= 11 is 1.36. The standard InChI is InChI=1S/C30H35FN2O2S/c1-4-23(3)32-30(35)28(18-24-10-6-5-7-11-24)33(19-25-16-14-22(2)15-17-25)29(34)21-36-20-26-12-8-9-13-27(26)31/h5-17,23,28H,4,18-21H2,1-3H3,(H,32,35). The second-order valence-electron chi connectivity index (χ2n) is 9.11. The van der Waals surface area contributed by atoms with Gasteiger partial charge in [-0.05, 0) is 43.0 Å². The number of rotatable bonds is 12. The molecule has 2 amide bonds. The second kappa shape index (κ2) is 13.8. The summed E-state index contributed by atoms with van der Waals surface area (Å²) in [5.41, 5.74) is 3.65. The maximum absolute atomic E-state index is 14.1. The molecule has 0 aromatic heterocycles. The first-order chi connectivity index (χ1) is 17.4. The Morgan fingerprint density at radius 3 is 2.28 bits per heavy atom. The predicted molar refractivity (Wildman–Crippen MR) is 146 cm³/mol. The first-order valence-electron chi connectivity index (χ1n) is 12.4. The summed E-state index contributed by atoms with van der Waals surface area (Å²) in [5.74, 6) is -0.0323. The minimum Gasteiger partial charge on any atom is -0.352 e. The van der Waals surface area contributed by atoms with Crippen molar-refractivity contribution in [3.8, 4) is 0 Å². The van der Waals surface area contributed by atoms with E-state index in [0.717, 1.165) is 23.1 Å². The van der Waals surface area contributed by atoms with Crippen LogP contribution in [-0.2, 0) is 28.3 Å². The van der Waals surface area contributed by atoms with Crippen LogP contribution < -0.4 is 5.32 Å². The molecule has 3 rings (SSSR count). The summed E-state index contributed by atoms with van der Waals surface area (Å²) in [7, 11) is 0. The van der Waals surface area contributed by atoms with Gasteiger partial charge in [0.2, 0.25) is 11.8 Å². The molecule has 0 spiro atoms. The van der Waals surface area contributed by atoms with E-state index in [-0.39, 0.29) is 29.4 Å². The van der Waals surface area contributed by atoms with Crippen molar-refractivity contribution >= 4 is 23.6 Å². The molecule has 3 aromatic rings. The van der Waals surface area contributed by atoms with Gasteiger partial charge >= 0.3 is 0 Å². The van der Waals surface area contributed by atoms with E-state index in [4.69, 9.17) is 0 Å². The second-order valence-corrected chi connectivity index (χ2v) is 10.1. The third kappa shape index (κ3) is 8.23. The highest BCUT2D eigenvalue weighted by Crippen LogP contribution is 2.20. The van der Waals surface area contributed by atoms with Gasteiger partial charge in [0.15, 0.2) is 0 Å². The van der Waals surface area contributed by atoms with Gasteiger partial charge in [0, 0.05) is 24.8 Å². The number of carbonyl (C=O) groups is 2. The van der Waals surface area contributed by atoms with Crippen molar-refractivity contribution < 1.29 is 14.0 Å². The number of hydrogen-bond donors (Lipinski definition) is 1. The Balaban J connectivity index is 1.85. The van der Waals surface area contributed by atoms with Crippen LogP contribution in [0.25, 0.3) is 0 Å². The molecule has 0 heterocycles. The lowest BCUT2D eigenvalue weighted by atomic mass is 10.0. The van der Waals surface area contributed by atoms with E-state index in [1.54, 1.807) is 23.1 Å². The first kappa shape index (κ1) is 27.5. The average molecular weight is 507 g/mol. The third-order valence-electron chi connectivity index (χ3n) is 6.19. The maximum atomic E-state index is 14.1. The number of carbonyl (C=O) groups excluding carboxylic acids is 2. The van der Waals surface area contributed by atoms with Crippen molar-refractivity contribution in [1.82, 2.24) is 10.2 Å². The number of nitrogens with one attached hydrogen (secondary N) is 1. The highest BCUT2D eigenvalue weighted by Gasteiger charge is 2.30. The van der Waals surface area contributed by atoms with E-state index in [1.165, 1.54) is 17.8 Å². The van der Waals surface area contributed by atoms with Crippen molar-refractivity contribution in [2.45, 2.75) is 58.0 Å². The summed E-state index contributed by atoms with van der Waals surface area (Å²) < 4.78 is 14.1. The van der Waals surface area contributed by atoms with Gasteiger partial charge in [-0.2, -0.15) is 0 Å². The minimum absolute atomic E-state index is 0.00234. The molecule has 0 fully saturated rings. The fourth-order valence-corrected chi connectivity index (χ4v) is 4.73. The summed E-state index contributed by atoms with van der Waals surface area (Å²) in [6.07, 6.45) is 1.22. The van der Waals surface area contributed by atoms with Crippen LogP contribution in [0, 0.1) is 12.7 Å². The molecule has 2 atom stereocenters. The van der Waals surface area contributed by atoms with E-state index in [2.05, 4.69) is 5.32 Å². The molecule has 1 N–H and O–H groups in total. The van der Waals surface area contributed by atoms with Crippen LogP contribution in [-0.4, -0.2) is 34.6 Å². The van der Waals surface area contributed by atoms with E-state index < -0.39 is 6.04 Å². The number of thioether (sulfide) groups is 1. The Morgan fingerprint density at radius 2 is 1.61 bits per heavy atom. The van der Waals surface area contributed by atoms with Gasteiger partial charge in [-0.15, -0.1) is 11.8 Å². The summed E-state index contributed by atoms with van der Waals surface area (Å²) in [4.78, 5) is 28.8. The normalized spacial score (nSPS) is 12.6. The summed E-state index contributed by atoms with van der Waals surface area (Å²) in [6, 6.07) is 23.7. The Hall–Kier alpha value is -3.12. The van der Waals surface area contributed by atoms with Crippen LogP contribution in [0.1, 0.15) is 42.5 Å². The highest BCUT2D eigenvalue weighted by atomic mass is 32.2. The lowest BCUT2D eigenvalue weighted by molar-refractivity contribution is -0.139. The number of halogens is 1. The molecule has 2 unspecified atom stereocenters. The van der Waals surface area contributed by atoms with Crippen molar-refractivity contribution in [3.63, 3.8) is 0 Å². The highest BCUT2D eigenvalue weighted by molar-refractivity contribution is 7.99. The van der Waals surface area contributed by atoms with Crippen molar-refractivity contribution in [2.24, 2.45) is 0 Å². The Kier molecular flexibility index (Phi) is 10.6. The quantitative estimate of drug-likeness (QED) is 0.332. The summed E-state index contributed by atoms with van der Waals surface area (Å²) in [6.45, 7) is 6.33. The Morgan fingerprint density at radius 1 is 0.944 bits per heavy atom. The molecule has 0 saturated carbocycles. The topological polar surface area (TPSA) is 49.4 Å². The molecule has 36 heavy (non-hydrogen) atoms. The molecule has 0 aliphatic heterocycles. The van der Waals surface area contributed by atoms with Crippen molar-refractivity contribution in [3.05, 3.63) is 107 Å². The monoisotopic (exact) mass is 506 g/mol. The number of aryl methyl sites for hydroxylation is 1. The van der Waals surface area contributed by atoms with E-state index >= 15 is 0 Å². The van der Waals surface area contributed by atoms with Gasteiger partial charge in [0.05, 0.1) is 5.75 Å². The molecule has 0 aliphatic carbocycles. The fourth-order valence-electron chi connectivity index (χ4n) is 3.83. The van der Waals surface area contributed by atoms with Crippen LogP contribution in [0.2, 0.25) is 0 Å². The van der Waals surface area contributed by atoms with Crippen LogP contribution in [0.5, 0.6) is 0 Å². The number of amides is 2. The molecular formula is C30H35FN2O2S. The molecule has 0 radical (unpaired) electrons. The van der Waals surface area contributed by atoms with E-state index in [0.29, 0.717) is 24.3 Å². The molecule has 0 saturated heterocycles. The van der Waals surface area contributed by atoms with Crippen LogP contribution in [0.3, 0.4) is 0 Å². The van der Waals surface area contributed by atoms with Crippen LogP contribution >= 0.6 is 11.8 Å². The van der Waals surface area contributed by atoms with Crippen molar-refractivity contribution in [2.75, 3.05) is 5.75 Å². The van der Waals surface area contributed by atoms with Gasteiger partial charge < -0.3 is 10.2 Å². The fraction of sp³-hybridized carbons (Fsp3) is 0.333. The lowest BCUT2D eigenvalue weighted by Crippen LogP contribution is -2.52. The van der Waals surface area contributed by atoms with Gasteiger partial charge in [0.1, 0.15) is 11.9 Å². The van der Waals surface area contributed by atoms with Gasteiger partial charge in [-0.25, -0.2) is 4.39 Å². The first-order valence-corrected chi connectivity index (χ1v) is 13.5. The molecule has 0 aliphatic rings. The van der Waals surface area contributed by atoms with E-state index in [1.807, 2.05) is 75.4 Å². The molecule has 0 bridgehead atoms. The maximum Gasteiger partial charge on any atom is 0.243 e. The largest absolute Gasteiger partial charge is 0.352 e. The Labute approximate surface area is 218 Å². The molecule has 4 nitrogen and oxygen atoms in total. The van der Waals surface area contributed by atoms with Crippen LogP contribution in [0.15, 0.2) is 78.9 Å². The molecular weight excluding hydrogens is 471 g/mol. The Bertz CT molecular complexity index is 1120. The van der Waals surface area contributed by atoms with E-state index in [9.17, 15) is 14.0 Å². The van der Waals surface area contributed by atoms with Gasteiger partial charge in [0.25, 0.3) is 0 Å². The SMILES string of the molecule is CCC(C)NC(=O)C(Cc1ccccc1)N(Cc1ccc(C)cc1)C(=O)CSCc1ccccc1F. The summed E-state index contributed by atoms with van der Waals surface area (Å²) in [5, 5.41) is 3.08. The minimum atomic E-state index is -0.663. The smallest absolute Gasteiger partial charge is 0.243 e. The third-order valence-corrected chi connectivity index (χ3v) is 7.15. The van der Waals surface area contributed by atoms with Crippen molar-refractivity contribution in [1.29, 1.82) is 0 Å². The zero-order valence-corrected chi connectivity index (χ0v) is 22.1. The average Bonchev–Trinajstić information content (AvgIpc) is 2.88. The lowest BCUT2D eigenvalue weighted by Gasteiger charge is -2.32. The van der Waals surface area contributed by atoms with Gasteiger partial charge in [-0.1, -0.05) is 85.3 Å². The molecule has 6 heteroatoms. The predicted octanol–water partition coefficient (Wildman–Crippen LogP) is 5.92. The zero-order chi connectivity index (χ0) is 25.9. The number of hydrogen-bond acceptors (Lipinski definition) is 3. The number of nitrogens with zero attached hydrogens (tertiary/aromatic N) is 1. The molecule has 190 valence electrons. The zero-order valence-electron chi connectivity index (χ0n) is 21.2. The molecule has 3 aromatic carbocycles. The van der Waals surface area contributed by atoms with Crippen LogP contribution in [0.4, 0.5) is 4.39 Å². The van der Waals surface area contributed by atoms with Gasteiger partial charge in [-0.3, -0.25) is 9.59 Å². The number of benzene rings is 3.